The molecule has 0 aromatic rings. The first-order valence-electron chi connectivity index (χ1n) is 4.94. The number of hydrogen-bond donors (Lipinski definition) is 0. The molecular formula is C9H17N2O. The maximum atomic E-state index is 10.4. The highest BCUT2D eigenvalue weighted by atomic mass is 16.3. The fourth-order valence-electron chi connectivity index (χ4n) is 1.92. The Morgan fingerprint density at radius 1 is 1.08 bits per heavy atom. The third-order valence-corrected chi connectivity index (χ3v) is 2.88. The van der Waals surface area contributed by atoms with Gasteiger partial charge in [-0.3, -0.25) is 9.80 Å². The molecule has 1 aliphatic carbocycles. The van der Waals surface area contributed by atoms with Crippen molar-refractivity contribution in [1.29, 1.82) is 0 Å². The molecule has 0 amide bonds. The summed E-state index contributed by atoms with van der Waals surface area (Å²) in [5, 5.41) is 10.4. The van der Waals surface area contributed by atoms with Crippen molar-refractivity contribution in [1.82, 2.24) is 9.80 Å². The van der Waals surface area contributed by atoms with Gasteiger partial charge in [-0.15, -0.1) is 0 Å². The Balaban J connectivity index is 1.69. The second kappa shape index (κ2) is 3.73. The highest BCUT2D eigenvalue weighted by molar-refractivity contribution is 4.87. The second-order valence-corrected chi connectivity index (χ2v) is 3.81. The van der Waals surface area contributed by atoms with E-state index in [1.165, 1.54) is 25.9 Å². The largest absolute Gasteiger partial charge is 0.298 e. The van der Waals surface area contributed by atoms with Gasteiger partial charge in [-0.25, -0.2) is 5.11 Å². The molecule has 69 valence electrons. The number of hydrogen-bond acceptors (Lipinski definition) is 2. The van der Waals surface area contributed by atoms with Crippen molar-refractivity contribution in [3.63, 3.8) is 0 Å². The van der Waals surface area contributed by atoms with Crippen molar-refractivity contribution < 1.29 is 5.11 Å². The van der Waals surface area contributed by atoms with Gasteiger partial charge in [0.2, 0.25) is 0 Å². The summed E-state index contributed by atoms with van der Waals surface area (Å²) >= 11 is 0. The Kier molecular flexibility index (Phi) is 2.63. The van der Waals surface area contributed by atoms with Crippen LogP contribution in [0.2, 0.25) is 0 Å². The summed E-state index contributed by atoms with van der Waals surface area (Å²) in [5.41, 5.74) is 0. The van der Waals surface area contributed by atoms with Crippen molar-refractivity contribution >= 4 is 0 Å². The smallest absolute Gasteiger partial charge is 0.0949 e. The maximum Gasteiger partial charge on any atom is 0.0949 e. The average molecular weight is 169 g/mol. The molecule has 12 heavy (non-hydrogen) atoms. The molecule has 0 spiro atoms. The van der Waals surface area contributed by atoms with Gasteiger partial charge in [0.25, 0.3) is 0 Å². The molecule has 3 nitrogen and oxygen atoms in total. The van der Waals surface area contributed by atoms with Gasteiger partial charge in [0, 0.05) is 38.8 Å². The minimum atomic E-state index is 0.0590. The highest BCUT2D eigenvalue weighted by Crippen LogP contribution is 2.27. The van der Waals surface area contributed by atoms with Crippen molar-refractivity contribution in [3.8, 4) is 0 Å². The van der Waals surface area contributed by atoms with Gasteiger partial charge < -0.3 is 0 Å². The third kappa shape index (κ3) is 1.97. The van der Waals surface area contributed by atoms with Crippen LogP contribution in [0.3, 0.4) is 0 Å². The average Bonchev–Trinajstić information content (AvgIpc) is 2.89. The molecule has 2 rings (SSSR count). The molecule has 1 aliphatic heterocycles. The Labute approximate surface area is 74.0 Å². The molecule has 0 unspecified atom stereocenters. The van der Waals surface area contributed by atoms with E-state index < -0.39 is 0 Å². The Bertz CT molecular complexity index is 139. The minimum Gasteiger partial charge on any atom is -0.298 e. The van der Waals surface area contributed by atoms with E-state index in [-0.39, 0.29) is 6.61 Å². The summed E-state index contributed by atoms with van der Waals surface area (Å²) in [5.74, 6) is 0. The predicted molar refractivity (Wildman–Crippen MR) is 46.6 cm³/mol. The molecule has 1 saturated carbocycles. The molecule has 1 saturated heterocycles. The lowest BCUT2D eigenvalue weighted by Crippen LogP contribution is -2.47. The molecule has 2 aliphatic rings. The van der Waals surface area contributed by atoms with Gasteiger partial charge in [0.05, 0.1) is 6.61 Å². The zero-order chi connectivity index (χ0) is 8.39. The zero-order valence-corrected chi connectivity index (χ0v) is 7.54. The van der Waals surface area contributed by atoms with Crippen LogP contribution in [0.1, 0.15) is 12.8 Å². The minimum absolute atomic E-state index is 0.0590. The van der Waals surface area contributed by atoms with Crippen molar-refractivity contribution in [3.05, 3.63) is 0 Å². The monoisotopic (exact) mass is 169 g/mol. The first kappa shape index (κ1) is 8.48. The molecule has 0 atom stereocenters. The van der Waals surface area contributed by atoms with Crippen LogP contribution in [0, 0.1) is 0 Å². The van der Waals surface area contributed by atoms with Crippen LogP contribution in [0.4, 0.5) is 0 Å². The van der Waals surface area contributed by atoms with Crippen LogP contribution in [0.25, 0.3) is 0 Å². The molecule has 2 fully saturated rings. The molecule has 0 aromatic heterocycles. The van der Waals surface area contributed by atoms with Gasteiger partial charge >= 0.3 is 0 Å². The van der Waals surface area contributed by atoms with Crippen LogP contribution in [0.5, 0.6) is 0 Å². The standard InChI is InChI=1S/C9H17N2O/c12-8-7-10-3-5-11(6-4-10)9-1-2-9/h9H,1-8H2. The SMILES string of the molecule is [O]CCN1CCN(C2CC2)CC1. The Morgan fingerprint density at radius 2 is 1.75 bits per heavy atom. The van der Waals surface area contributed by atoms with E-state index in [4.69, 9.17) is 0 Å². The van der Waals surface area contributed by atoms with E-state index in [0.29, 0.717) is 0 Å². The lowest BCUT2D eigenvalue weighted by molar-refractivity contribution is 0.0891. The van der Waals surface area contributed by atoms with Gasteiger partial charge in [-0.05, 0) is 12.8 Å². The fraction of sp³-hybridized carbons (Fsp3) is 1.00. The van der Waals surface area contributed by atoms with Crippen LogP contribution >= 0.6 is 0 Å². The topological polar surface area (TPSA) is 26.4 Å². The Morgan fingerprint density at radius 3 is 2.25 bits per heavy atom. The van der Waals surface area contributed by atoms with Crippen molar-refractivity contribution in [2.24, 2.45) is 0 Å². The quantitative estimate of drug-likeness (QED) is 0.603. The second-order valence-electron chi connectivity index (χ2n) is 3.81. The molecule has 3 heteroatoms. The lowest BCUT2D eigenvalue weighted by atomic mass is 10.3. The third-order valence-electron chi connectivity index (χ3n) is 2.88. The number of rotatable bonds is 3. The summed E-state index contributed by atoms with van der Waals surface area (Å²) in [4.78, 5) is 4.85. The van der Waals surface area contributed by atoms with Gasteiger partial charge in [-0.2, -0.15) is 0 Å². The first-order valence-corrected chi connectivity index (χ1v) is 4.94. The van der Waals surface area contributed by atoms with Crippen LogP contribution in [0.15, 0.2) is 0 Å². The van der Waals surface area contributed by atoms with Crippen LogP contribution in [-0.2, 0) is 5.11 Å². The first-order chi connectivity index (χ1) is 5.90. The molecule has 1 radical (unpaired) electrons. The van der Waals surface area contributed by atoms with Gasteiger partial charge in [0.1, 0.15) is 0 Å². The fourth-order valence-corrected chi connectivity index (χ4v) is 1.92. The summed E-state index contributed by atoms with van der Waals surface area (Å²) in [7, 11) is 0. The normalized spacial score (nSPS) is 27.8. The number of nitrogens with zero attached hydrogens (tertiary/aromatic N) is 2. The van der Waals surface area contributed by atoms with Crippen LogP contribution < -0.4 is 0 Å². The van der Waals surface area contributed by atoms with E-state index in [1.54, 1.807) is 0 Å². The van der Waals surface area contributed by atoms with E-state index in [9.17, 15) is 5.11 Å². The number of piperazine rings is 1. The predicted octanol–water partition coefficient (Wildman–Crippen LogP) is 0.197. The molecule has 0 bridgehead atoms. The Hall–Kier alpha value is -0.120. The van der Waals surface area contributed by atoms with Crippen LogP contribution in [-0.4, -0.2) is 55.2 Å². The maximum absolute atomic E-state index is 10.4. The van der Waals surface area contributed by atoms with Crippen molar-refractivity contribution in [2.75, 3.05) is 39.3 Å². The van der Waals surface area contributed by atoms with E-state index >= 15 is 0 Å². The van der Waals surface area contributed by atoms with Gasteiger partial charge in [0.15, 0.2) is 0 Å². The lowest BCUT2D eigenvalue weighted by Gasteiger charge is -2.34. The molecular weight excluding hydrogens is 152 g/mol. The molecule has 0 N–H and O–H groups in total. The summed E-state index contributed by atoms with van der Waals surface area (Å²) < 4.78 is 0. The van der Waals surface area contributed by atoms with E-state index in [0.717, 1.165) is 25.7 Å². The summed E-state index contributed by atoms with van der Waals surface area (Å²) in [6.07, 6.45) is 2.81. The van der Waals surface area contributed by atoms with Gasteiger partial charge in [-0.1, -0.05) is 0 Å². The summed E-state index contributed by atoms with van der Waals surface area (Å²) in [6.45, 7) is 5.40. The summed E-state index contributed by atoms with van der Waals surface area (Å²) in [6, 6.07) is 0.902. The molecule has 1 heterocycles. The highest BCUT2D eigenvalue weighted by Gasteiger charge is 2.30. The zero-order valence-electron chi connectivity index (χ0n) is 7.54. The molecule has 0 aromatic carbocycles. The van der Waals surface area contributed by atoms with E-state index in [2.05, 4.69) is 9.80 Å². The van der Waals surface area contributed by atoms with E-state index in [1.807, 2.05) is 0 Å². The van der Waals surface area contributed by atoms with Crippen molar-refractivity contribution in [2.45, 2.75) is 18.9 Å².